The van der Waals surface area contributed by atoms with Crippen molar-refractivity contribution in [2.24, 2.45) is 5.92 Å². The van der Waals surface area contributed by atoms with Crippen LogP contribution in [-0.4, -0.2) is 32.6 Å². The van der Waals surface area contributed by atoms with Gasteiger partial charge in [-0.25, -0.2) is 0 Å². The van der Waals surface area contributed by atoms with E-state index in [-0.39, 0.29) is 29.0 Å². The summed E-state index contributed by atoms with van der Waals surface area (Å²) >= 11 is 17.1. The highest BCUT2D eigenvalue weighted by Gasteiger charge is 2.24. The number of carbonyl (C=O) groups excluding carboxylic acids is 2. The van der Waals surface area contributed by atoms with Crippen molar-refractivity contribution < 1.29 is 9.59 Å². The molecule has 2 aromatic rings. The SMILES string of the molecule is CCn1c(CNC(=O)C(CC(C)C)NC(=O)c2ccc(Cl)cc2Cl)n[nH]c1=S. The lowest BCUT2D eigenvalue weighted by molar-refractivity contribution is -0.123. The number of aromatic nitrogens is 3. The summed E-state index contributed by atoms with van der Waals surface area (Å²) in [5.74, 6) is 0.0839. The number of nitrogens with zero attached hydrogens (tertiary/aromatic N) is 2. The van der Waals surface area contributed by atoms with Gasteiger partial charge < -0.3 is 15.2 Å². The zero-order valence-electron chi connectivity index (χ0n) is 15.9. The maximum absolute atomic E-state index is 12.7. The molecule has 0 bridgehead atoms. The molecule has 1 heterocycles. The number of nitrogens with one attached hydrogen (secondary N) is 3. The molecule has 0 saturated carbocycles. The van der Waals surface area contributed by atoms with Gasteiger partial charge in [0, 0.05) is 11.6 Å². The second-order valence-corrected chi connectivity index (χ2v) is 7.92. The van der Waals surface area contributed by atoms with Gasteiger partial charge in [0.15, 0.2) is 10.6 Å². The van der Waals surface area contributed by atoms with Gasteiger partial charge in [-0.05, 0) is 49.7 Å². The van der Waals surface area contributed by atoms with Crippen LogP contribution in [0.4, 0.5) is 0 Å². The minimum atomic E-state index is -0.712. The highest BCUT2D eigenvalue weighted by atomic mass is 35.5. The van der Waals surface area contributed by atoms with Crippen LogP contribution < -0.4 is 10.6 Å². The molecular formula is C18H23Cl2N5O2S. The van der Waals surface area contributed by atoms with E-state index in [0.29, 0.717) is 28.6 Å². The maximum atomic E-state index is 12.7. The average Bonchev–Trinajstić information content (AvgIpc) is 2.98. The first-order valence-corrected chi connectivity index (χ1v) is 10.1. The summed E-state index contributed by atoms with van der Waals surface area (Å²) in [5.41, 5.74) is 0.263. The highest BCUT2D eigenvalue weighted by Crippen LogP contribution is 2.21. The van der Waals surface area contributed by atoms with Gasteiger partial charge >= 0.3 is 0 Å². The molecule has 1 aromatic heterocycles. The van der Waals surface area contributed by atoms with Crippen LogP contribution in [0.1, 0.15) is 43.4 Å². The van der Waals surface area contributed by atoms with E-state index in [2.05, 4.69) is 20.8 Å². The van der Waals surface area contributed by atoms with Crippen molar-refractivity contribution in [3.05, 3.63) is 44.4 Å². The third kappa shape index (κ3) is 5.80. The Morgan fingerprint density at radius 2 is 2.04 bits per heavy atom. The lowest BCUT2D eigenvalue weighted by Crippen LogP contribution is -2.47. The normalized spacial score (nSPS) is 12.1. The van der Waals surface area contributed by atoms with Crippen LogP contribution in [0.2, 0.25) is 10.0 Å². The molecule has 0 spiro atoms. The molecule has 0 aliphatic rings. The van der Waals surface area contributed by atoms with Crippen molar-refractivity contribution in [1.82, 2.24) is 25.4 Å². The van der Waals surface area contributed by atoms with E-state index in [1.54, 1.807) is 10.6 Å². The van der Waals surface area contributed by atoms with Crippen LogP contribution in [0.15, 0.2) is 18.2 Å². The van der Waals surface area contributed by atoms with Crippen LogP contribution in [-0.2, 0) is 17.9 Å². The van der Waals surface area contributed by atoms with Gasteiger partial charge in [0.05, 0.1) is 17.1 Å². The van der Waals surface area contributed by atoms with Gasteiger partial charge in [0.1, 0.15) is 6.04 Å². The topological polar surface area (TPSA) is 91.8 Å². The lowest BCUT2D eigenvalue weighted by Gasteiger charge is -2.20. The van der Waals surface area contributed by atoms with E-state index in [1.807, 2.05) is 20.8 Å². The van der Waals surface area contributed by atoms with Gasteiger partial charge in [-0.2, -0.15) is 5.10 Å². The first-order valence-electron chi connectivity index (χ1n) is 8.90. The smallest absolute Gasteiger partial charge is 0.253 e. The van der Waals surface area contributed by atoms with E-state index in [1.165, 1.54) is 12.1 Å². The standard InChI is InChI=1S/C18H23Cl2N5O2S/c1-4-25-15(23-24-18(25)28)9-21-17(27)14(7-10(2)3)22-16(26)12-6-5-11(19)8-13(12)20/h5-6,8,10,14H,4,7,9H2,1-3H3,(H,21,27)(H,22,26)(H,24,28). The molecule has 10 heteroatoms. The van der Waals surface area contributed by atoms with Gasteiger partial charge in [-0.3, -0.25) is 14.7 Å². The number of amides is 2. The molecule has 1 unspecified atom stereocenters. The van der Waals surface area contributed by atoms with Gasteiger partial charge in [0.25, 0.3) is 5.91 Å². The summed E-state index contributed by atoms with van der Waals surface area (Å²) in [5, 5.41) is 13.1. The summed E-state index contributed by atoms with van der Waals surface area (Å²) in [4.78, 5) is 25.3. The third-order valence-electron chi connectivity index (χ3n) is 4.08. The Bertz CT molecular complexity index is 910. The average molecular weight is 444 g/mol. The van der Waals surface area contributed by atoms with Crippen molar-refractivity contribution in [1.29, 1.82) is 0 Å². The van der Waals surface area contributed by atoms with Crippen LogP contribution in [0.3, 0.4) is 0 Å². The van der Waals surface area contributed by atoms with Crippen LogP contribution in [0.5, 0.6) is 0 Å². The number of rotatable bonds is 8. The van der Waals surface area contributed by atoms with Crippen molar-refractivity contribution in [3.63, 3.8) is 0 Å². The van der Waals surface area contributed by atoms with Crippen LogP contribution in [0, 0.1) is 10.7 Å². The summed E-state index contributed by atoms with van der Waals surface area (Å²) in [6, 6.07) is 3.89. The Morgan fingerprint density at radius 1 is 1.32 bits per heavy atom. The third-order valence-corrected chi connectivity index (χ3v) is 4.94. The van der Waals surface area contributed by atoms with Crippen molar-refractivity contribution >= 4 is 47.2 Å². The van der Waals surface area contributed by atoms with Crippen LogP contribution >= 0.6 is 35.4 Å². The Morgan fingerprint density at radius 3 is 2.64 bits per heavy atom. The molecule has 0 saturated heterocycles. The molecule has 1 atom stereocenters. The van der Waals surface area contributed by atoms with E-state index < -0.39 is 11.9 Å². The molecule has 2 amide bonds. The molecule has 1 aromatic carbocycles. The molecule has 152 valence electrons. The van der Waals surface area contributed by atoms with Crippen molar-refractivity contribution in [2.45, 2.75) is 46.3 Å². The maximum Gasteiger partial charge on any atom is 0.253 e. The molecule has 7 nitrogen and oxygen atoms in total. The summed E-state index contributed by atoms with van der Waals surface area (Å²) in [6.45, 7) is 6.73. The molecule has 0 radical (unpaired) electrons. The largest absolute Gasteiger partial charge is 0.347 e. The number of benzene rings is 1. The van der Waals surface area contributed by atoms with Crippen LogP contribution in [0.25, 0.3) is 0 Å². The number of aromatic amines is 1. The zero-order valence-corrected chi connectivity index (χ0v) is 18.2. The monoisotopic (exact) mass is 443 g/mol. The summed E-state index contributed by atoms with van der Waals surface area (Å²) in [7, 11) is 0. The predicted octanol–water partition coefficient (Wildman–Crippen LogP) is 3.73. The predicted molar refractivity (Wildman–Crippen MR) is 112 cm³/mol. The van der Waals surface area contributed by atoms with Gasteiger partial charge in [0.2, 0.25) is 5.91 Å². The van der Waals surface area contributed by atoms with E-state index in [0.717, 1.165) is 0 Å². The van der Waals surface area contributed by atoms with Gasteiger partial charge in [-0.1, -0.05) is 37.0 Å². The van der Waals surface area contributed by atoms with E-state index in [9.17, 15) is 9.59 Å². The quantitative estimate of drug-likeness (QED) is 0.541. The fraction of sp³-hybridized carbons (Fsp3) is 0.444. The molecule has 0 fully saturated rings. The Balaban J connectivity index is 2.10. The van der Waals surface area contributed by atoms with E-state index in [4.69, 9.17) is 35.4 Å². The van der Waals surface area contributed by atoms with Crippen molar-refractivity contribution in [3.8, 4) is 0 Å². The second-order valence-electron chi connectivity index (χ2n) is 6.69. The Kier molecular flexibility index (Phi) is 8.03. The van der Waals surface area contributed by atoms with E-state index >= 15 is 0 Å². The minimum absolute atomic E-state index is 0.196. The molecule has 0 aliphatic heterocycles. The highest BCUT2D eigenvalue weighted by molar-refractivity contribution is 7.71. The molecule has 28 heavy (non-hydrogen) atoms. The lowest BCUT2D eigenvalue weighted by atomic mass is 10.0. The number of carbonyl (C=O) groups is 2. The number of H-pyrrole nitrogens is 1. The fourth-order valence-electron chi connectivity index (χ4n) is 2.71. The summed E-state index contributed by atoms with van der Waals surface area (Å²) in [6.07, 6.45) is 0.476. The first kappa shape index (κ1) is 22.4. The number of hydrogen-bond acceptors (Lipinski definition) is 4. The van der Waals surface area contributed by atoms with Gasteiger partial charge in [-0.15, -0.1) is 0 Å². The Labute approximate surface area is 178 Å². The Hall–Kier alpha value is -1.90. The summed E-state index contributed by atoms with van der Waals surface area (Å²) < 4.78 is 2.29. The second kappa shape index (κ2) is 10.0. The fourth-order valence-corrected chi connectivity index (χ4v) is 3.49. The number of hydrogen-bond donors (Lipinski definition) is 3. The molecule has 0 aliphatic carbocycles. The molecule has 2 rings (SSSR count). The number of halogens is 2. The molecule has 3 N–H and O–H groups in total. The minimum Gasteiger partial charge on any atom is -0.347 e. The first-order chi connectivity index (χ1) is 13.2. The zero-order chi connectivity index (χ0) is 20.8. The molecular weight excluding hydrogens is 421 g/mol. The van der Waals surface area contributed by atoms with Crippen molar-refractivity contribution in [2.75, 3.05) is 0 Å².